The van der Waals surface area contributed by atoms with E-state index < -0.39 is 36.3 Å². The summed E-state index contributed by atoms with van der Waals surface area (Å²) in [5, 5.41) is 25.4. The number of aliphatic carboxylic acids is 1. The Labute approximate surface area is 370 Å². The topological polar surface area (TPSA) is 264 Å². The van der Waals surface area contributed by atoms with Crippen molar-refractivity contribution >= 4 is 35.5 Å². The van der Waals surface area contributed by atoms with Crippen molar-refractivity contribution in [2.75, 3.05) is 138 Å². The van der Waals surface area contributed by atoms with Crippen LogP contribution in [-0.2, 0) is 74.8 Å². The third kappa shape index (κ3) is 26.5. The first kappa shape index (κ1) is 52.7. The molecule has 0 saturated heterocycles. The standard InChI is InChI=1S/C40H60N8O14S/c1-63-40-43-26-33(27-44-40)35-30-48(47-46-35)7-8-54-9-10-55-11-12-56-13-14-57-15-16-58-17-18-59-19-20-60-21-22-61-23-24-62-31-38(51)42-28-36(49)41-29-37(50)45-34(39(52)53)25-32-5-3-2-4-6-32/h2-6,26-27,30,34H,7-25,28-29,31H2,1H3,(H,41,49)(H,42,51)(H,45,50)(H,52,53)/t34-/m0/s1. The van der Waals surface area contributed by atoms with Gasteiger partial charge in [0.05, 0.1) is 138 Å². The molecular weight excluding hydrogens is 849 g/mol. The van der Waals surface area contributed by atoms with Gasteiger partial charge in [-0.05, 0) is 11.8 Å². The lowest BCUT2D eigenvalue weighted by Crippen LogP contribution is -2.48. The number of benzene rings is 1. The number of carboxylic acid groups (broad SMARTS) is 1. The van der Waals surface area contributed by atoms with Crippen LogP contribution in [0.2, 0.25) is 0 Å². The summed E-state index contributed by atoms with van der Waals surface area (Å²) in [6, 6.07) is 7.69. The second-order valence-electron chi connectivity index (χ2n) is 13.0. The summed E-state index contributed by atoms with van der Waals surface area (Å²) in [6.07, 6.45) is 7.32. The summed E-state index contributed by atoms with van der Waals surface area (Å²) in [4.78, 5) is 56.0. The highest BCUT2D eigenvalue weighted by molar-refractivity contribution is 7.98. The van der Waals surface area contributed by atoms with Crippen molar-refractivity contribution in [3.05, 3.63) is 54.5 Å². The molecule has 4 N–H and O–H groups in total. The van der Waals surface area contributed by atoms with E-state index in [1.807, 2.05) is 12.5 Å². The van der Waals surface area contributed by atoms with Crippen LogP contribution in [-0.4, -0.2) is 198 Å². The van der Waals surface area contributed by atoms with E-state index in [1.165, 1.54) is 11.8 Å². The Kier molecular flexibility index (Phi) is 29.0. The van der Waals surface area contributed by atoms with Crippen LogP contribution in [0.5, 0.6) is 0 Å². The van der Waals surface area contributed by atoms with Gasteiger partial charge in [-0.1, -0.05) is 47.3 Å². The average molecular weight is 909 g/mol. The largest absolute Gasteiger partial charge is 0.480 e. The fourth-order valence-corrected chi connectivity index (χ4v) is 5.26. The van der Waals surface area contributed by atoms with E-state index in [-0.39, 0.29) is 32.8 Å². The molecule has 3 amide bonds. The molecule has 3 aromatic rings. The zero-order valence-corrected chi connectivity index (χ0v) is 36.5. The van der Waals surface area contributed by atoms with Crippen LogP contribution in [0.25, 0.3) is 11.3 Å². The Morgan fingerprint density at radius 3 is 1.59 bits per heavy atom. The molecule has 0 bridgehead atoms. The van der Waals surface area contributed by atoms with Gasteiger partial charge in [-0.15, -0.1) is 5.10 Å². The molecule has 0 aliphatic carbocycles. The predicted molar refractivity (Wildman–Crippen MR) is 226 cm³/mol. The first-order valence-corrected chi connectivity index (χ1v) is 21.6. The van der Waals surface area contributed by atoms with E-state index in [4.69, 9.17) is 42.6 Å². The Morgan fingerprint density at radius 1 is 0.635 bits per heavy atom. The zero-order valence-electron chi connectivity index (χ0n) is 35.7. The molecule has 0 radical (unpaired) electrons. The van der Waals surface area contributed by atoms with Gasteiger partial charge >= 0.3 is 5.97 Å². The van der Waals surface area contributed by atoms with Crippen LogP contribution in [0.4, 0.5) is 0 Å². The van der Waals surface area contributed by atoms with Crippen LogP contribution in [0.1, 0.15) is 5.56 Å². The molecule has 0 spiro atoms. The number of thioether (sulfide) groups is 1. The summed E-state index contributed by atoms with van der Waals surface area (Å²) < 4.78 is 50.9. The number of hydrogen-bond acceptors (Lipinski definition) is 18. The number of aromatic nitrogens is 5. The fraction of sp³-hybridized carbons (Fsp3) is 0.600. The average Bonchev–Trinajstić information content (AvgIpc) is 3.77. The molecule has 0 saturated carbocycles. The number of carbonyl (C=O) groups excluding carboxylic acids is 3. The number of carbonyl (C=O) groups is 4. The maximum absolute atomic E-state index is 12.1. The maximum Gasteiger partial charge on any atom is 0.326 e. The zero-order chi connectivity index (χ0) is 45.0. The molecule has 0 unspecified atom stereocenters. The highest BCUT2D eigenvalue weighted by Crippen LogP contribution is 2.16. The van der Waals surface area contributed by atoms with Crippen molar-refractivity contribution in [2.24, 2.45) is 0 Å². The van der Waals surface area contributed by atoms with Gasteiger partial charge in [0.15, 0.2) is 5.16 Å². The van der Waals surface area contributed by atoms with Crippen LogP contribution in [0, 0.1) is 0 Å². The molecule has 0 aliphatic heterocycles. The van der Waals surface area contributed by atoms with Gasteiger partial charge in [-0.2, -0.15) is 0 Å². The minimum absolute atomic E-state index is 0.0942. The van der Waals surface area contributed by atoms with E-state index in [9.17, 15) is 24.3 Å². The molecule has 350 valence electrons. The molecule has 2 heterocycles. The van der Waals surface area contributed by atoms with Crippen molar-refractivity contribution in [1.29, 1.82) is 0 Å². The first-order valence-electron chi connectivity index (χ1n) is 20.4. The first-order chi connectivity index (χ1) is 30.8. The monoisotopic (exact) mass is 908 g/mol. The third-order valence-corrected chi connectivity index (χ3v) is 8.70. The summed E-state index contributed by atoms with van der Waals surface area (Å²) in [7, 11) is 0. The van der Waals surface area contributed by atoms with Crippen LogP contribution >= 0.6 is 11.8 Å². The molecule has 3 rings (SSSR count). The third-order valence-electron chi connectivity index (χ3n) is 8.13. The van der Waals surface area contributed by atoms with Gasteiger partial charge in [-0.25, -0.2) is 19.4 Å². The van der Waals surface area contributed by atoms with Gasteiger partial charge in [0, 0.05) is 24.4 Å². The van der Waals surface area contributed by atoms with Crippen molar-refractivity contribution in [2.45, 2.75) is 24.2 Å². The molecule has 23 heteroatoms. The Morgan fingerprint density at radius 2 is 1.10 bits per heavy atom. The number of nitrogens with one attached hydrogen (secondary N) is 3. The molecule has 0 aliphatic rings. The van der Waals surface area contributed by atoms with Crippen molar-refractivity contribution < 1.29 is 66.9 Å². The summed E-state index contributed by atoms with van der Waals surface area (Å²) >= 11 is 1.48. The SMILES string of the molecule is CSc1ncc(-c2cn(CCOCCOCCOCCOCCOCCOCCOCCOCCOCC(=O)NCC(=O)NCC(=O)N[C@@H](Cc3ccccc3)C(=O)O)nn2)cn1. The lowest BCUT2D eigenvalue weighted by molar-refractivity contribution is -0.141. The van der Waals surface area contributed by atoms with Gasteiger partial charge < -0.3 is 63.7 Å². The molecule has 1 aromatic carbocycles. The van der Waals surface area contributed by atoms with E-state index >= 15 is 0 Å². The maximum atomic E-state index is 12.1. The number of ether oxygens (including phenoxy) is 9. The minimum Gasteiger partial charge on any atom is -0.480 e. The Hall–Kier alpha value is -4.69. The van der Waals surface area contributed by atoms with Gasteiger partial charge in [0.1, 0.15) is 18.3 Å². The van der Waals surface area contributed by atoms with E-state index in [0.29, 0.717) is 116 Å². The minimum atomic E-state index is -1.20. The normalized spacial score (nSPS) is 11.6. The van der Waals surface area contributed by atoms with Crippen molar-refractivity contribution in [3.8, 4) is 11.3 Å². The molecule has 2 aromatic heterocycles. The van der Waals surface area contributed by atoms with E-state index in [1.54, 1.807) is 47.4 Å². The number of nitrogens with zero attached hydrogens (tertiary/aromatic N) is 5. The lowest BCUT2D eigenvalue weighted by atomic mass is 10.1. The number of amides is 3. The smallest absolute Gasteiger partial charge is 0.326 e. The van der Waals surface area contributed by atoms with Gasteiger partial charge in [0.2, 0.25) is 17.7 Å². The molecular formula is C40H60N8O14S. The summed E-state index contributed by atoms with van der Waals surface area (Å²) in [5.74, 6) is -3.01. The van der Waals surface area contributed by atoms with E-state index in [2.05, 4.69) is 36.2 Å². The fourth-order valence-electron chi connectivity index (χ4n) is 4.94. The Balaban J connectivity index is 0.966. The Bertz CT molecular complexity index is 1680. The number of carboxylic acids is 1. The highest BCUT2D eigenvalue weighted by Gasteiger charge is 2.20. The second-order valence-corrected chi connectivity index (χ2v) is 13.8. The lowest BCUT2D eigenvalue weighted by Gasteiger charge is -2.15. The van der Waals surface area contributed by atoms with Crippen LogP contribution in [0.3, 0.4) is 0 Å². The van der Waals surface area contributed by atoms with Crippen molar-refractivity contribution in [3.63, 3.8) is 0 Å². The molecule has 63 heavy (non-hydrogen) atoms. The predicted octanol–water partition coefficient (Wildman–Crippen LogP) is -0.349. The highest BCUT2D eigenvalue weighted by atomic mass is 32.2. The van der Waals surface area contributed by atoms with Gasteiger partial charge in [-0.3, -0.25) is 14.4 Å². The second kappa shape index (κ2) is 34.8. The number of rotatable bonds is 39. The molecule has 0 fully saturated rings. The molecule has 22 nitrogen and oxygen atoms in total. The summed E-state index contributed by atoms with van der Waals surface area (Å²) in [6.45, 7) is 6.40. The van der Waals surface area contributed by atoms with Crippen LogP contribution in [0.15, 0.2) is 54.1 Å². The quantitative estimate of drug-likeness (QED) is 0.0324. The van der Waals surface area contributed by atoms with E-state index in [0.717, 1.165) is 11.1 Å². The number of hydrogen-bond donors (Lipinski definition) is 4. The van der Waals surface area contributed by atoms with Crippen LogP contribution < -0.4 is 16.0 Å². The molecule has 1 atom stereocenters. The summed E-state index contributed by atoms with van der Waals surface area (Å²) in [5.41, 5.74) is 2.27. The van der Waals surface area contributed by atoms with Gasteiger partial charge in [0.25, 0.3) is 0 Å². The van der Waals surface area contributed by atoms with Crippen molar-refractivity contribution in [1.82, 2.24) is 40.9 Å².